The van der Waals surface area contributed by atoms with Crippen molar-refractivity contribution in [2.75, 3.05) is 22.6 Å². The lowest BCUT2D eigenvalue weighted by Crippen LogP contribution is -1.97. The average molecular weight is 629 g/mol. The number of aromatic hydroxyl groups is 1. The molecule has 0 aliphatic heterocycles. The lowest BCUT2D eigenvalue weighted by molar-refractivity contribution is -0.385. The van der Waals surface area contributed by atoms with Gasteiger partial charge in [0.05, 0.1) is 16.5 Å². The highest BCUT2D eigenvalue weighted by Gasteiger charge is 2.04. The molecule has 0 bridgehead atoms. The van der Waals surface area contributed by atoms with Crippen LogP contribution in [0.5, 0.6) is 11.5 Å². The predicted molar refractivity (Wildman–Crippen MR) is 133 cm³/mol. The number of alkyl halides is 3. The van der Waals surface area contributed by atoms with Crippen LogP contribution in [0.3, 0.4) is 0 Å². The Balaban J connectivity index is 0.000000484. The number of benzene rings is 2. The highest BCUT2D eigenvalue weighted by atomic mass is 79.9. The zero-order valence-corrected chi connectivity index (χ0v) is 21.6. The Hall–Kier alpha value is -1.72. The summed E-state index contributed by atoms with van der Waals surface area (Å²) in [7, 11) is 0. The number of halogens is 3. The summed E-state index contributed by atoms with van der Waals surface area (Å²) in [5, 5.41) is 32.4. The van der Waals surface area contributed by atoms with Gasteiger partial charge < -0.3 is 9.84 Å². The first-order valence-electron chi connectivity index (χ1n) is 9.34. The molecule has 0 radical (unpaired) electrons. The molecule has 0 aromatic heterocycles. The van der Waals surface area contributed by atoms with Gasteiger partial charge in [0, 0.05) is 40.3 Å². The van der Waals surface area contributed by atoms with E-state index in [9.17, 15) is 20.2 Å². The van der Waals surface area contributed by atoms with Crippen molar-refractivity contribution in [2.24, 2.45) is 0 Å². The van der Waals surface area contributed by atoms with Crippen LogP contribution in [0.4, 0.5) is 11.4 Å². The van der Waals surface area contributed by atoms with Gasteiger partial charge in [0.25, 0.3) is 11.4 Å². The minimum Gasteiger partial charge on any atom is -0.508 e. The molecule has 0 unspecified atom stereocenters. The number of nitrogens with zero attached hydrogens (tertiary/aromatic N) is 2. The van der Waals surface area contributed by atoms with E-state index >= 15 is 0 Å². The maximum Gasteiger partial charge on any atom is 0.269 e. The molecule has 0 aliphatic rings. The van der Waals surface area contributed by atoms with Crippen LogP contribution in [0.15, 0.2) is 48.5 Å². The third kappa shape index (κ3) is 15.7. The number of phenolic OH excluding ortho intramolecular Hbond substituents is 1. The fraction of sp³-hybridized carbons (Fsp3) is 0.400. The molecule has 2 aromatic carbocycles. The number of nitro benzene ring substituents is 2. The third-order valence-electron chi connectivity index (χ3n) is 3.42. The van der Waals surface area contributed by atoms with Gasteiger partial charge in [-0.1, -0.05) is 47.8 Å². The average Bonchev–Trinajstić information content (AvgIpc) is 2.77. The molecule has 2 aromatic rings. The fourth-order valence-electron chi connectivity index (χ4n) is 1.81. The molecular weight excluding hydrogens is 604 g/mol. The molecule has 8 nitrogen and oxygen atoms in total. The van der Waals surface area contributed by atoms with Gasteiger partial charge in [-0.25, -0.2) is 0 Å². The van der Waals surface area contributed by atoms with E-state index in [0.29, 0.717) is 12.4 Å². The summed E-state index contributed by atoms with van der Waals surface area (Å²) in [6.07, 6.45) is 4.60. The topological polar surface area (TPSA) is 116 Å². The van der Waals surface area contributed by atoms with Crippen LogP contribution in [0.2, 0.25) is 0 Å². The molecule has 0 saturated heterocycles. The summed E-state index contributed by atoms with van der Waals surface area (Å²) >= 11 is 9.99. The largest absolute Gasteiger partial charge is 0.508 e. The second kappa shape index (κ2) is 19.0. The molecule has 0 fully saturated rings. The SMILES string of the molecule is BrCCCCBr.O=[N+]([O-])c1ccc(O)cc1.O=[N+]([O-])c1ccc(OCCCCBr)cc1. The van der Waals surface area contributed by atoms with Gasteiger partial charge in [-0.15, -0.1) is 0 Å². The van der Waals surface area contributed by atoms with E-state index in [2.05, 4.69) is 47.8 Å². The first-order valence-corrected chi connectivity index (χ1v) is 12.7. The van der Waals surface area contributed by atoms with Crippen LogP contribution >= 0.6 is 47.8 Å². The number of phenols is 1. The standard InChI is InChI=1S/C10H12BrNO3.C6H5NO3.C4H8Br2/c11-7-1-2-8-15-10-5-3-9(4-6-10)12(13)14;8-6-3-1-5(2-4-6)7(9)10;5-3-1-2-4-6/h3-6H,1-2,7-8H2;1-4,8H;1-4H2. The molecule has 0 atom stereocenters. The van der Waals surface area contributed by atoms with Crippen molar-refractivity contribution in [3.05, 3.63) is 68.8 Å². The first kappa shape index (κ1) is 29.3. The van der Waals surface area contributed by atoms with E-state index in [1.54, 1.807) is 12.1 Å². The number of non-ortho nitro benzene ring substituents is 2. The summed E-state index contributed by atoms with van der Waals surface area (Å²) < 4.78 is 5.40. The van der Waals surface area contributed by atoms with Crippen LogP contribution in [-0.2, 0) is 0 Å². The van der Waals surface area contributed by atoms with Gasteiger partial charge in [-0.05, 0) is 49.9 Å². The van der Waals surface area contributed by atoms with Crippen molar-refractivity contribution in [1.82, 2.24) is 0 Å². The molecule has 0 aliphatic carbocycles. The van der Waals surface area contributed by atoms with E-state index < -0.39 is 9.85 Å². The lowest BCUT2D eigenvalue weighted by atomic mass is 10.3. The summed E-state index contributed by atoms with van der Waals surface area (Å²) in [4.78, 5) is 19.5. The van der Waals surface area contributed by atoms with Crippen LogP contribution < -0.4 is 4.74 Å². The van der Waals surface area contributed by atoms with Gasteiger partial charge in [0.1, 0.15) is 11.5 Å². The molecule has 1 N–H and O–H groups in total. The zero-order valence-electron chi connectivity index (χ0n) is 16.8. The van der Waals surface area contributed by atoms with Crippen LogP contribution in [-0.4, -0.2) is 37.6 Å². The molecule has 0 spiro atoms. The maximum atomic E-state index is 10.4. The Labute approximate surface area is 206 Å². The van der Waals surface area contributed by atoms with Gasteiger partial charge in [-0.3, -0.25) is 20.2 Å². The van der Waals surface area contributed by atoms with E-state index in [1.165, 1.54) is 49.2 Å². The van der Waals surface area contributed by atoms with E-state index in [-0.39, 0.29) is 17.1 Å². The van der Waals surface area contributed by atoms with Crippen molar-refractivity contribution in [1.29, 1.82) is 0 Å². The van der Waals surface area contributed by atoms with Crippen molar-refractivity contribution in [2.45, 2.75) is 25.7 Å². The van der Waals surface area contributed by atoms with Crippen LogP contribution in [0.25, 0.3) is 0 Å². The number of unbranched alkanes of at least 4 members (excludes halogenated alkanes) is 2. The van der Waals surface area contributed by atoms with Crippen LogP contribution in [0.1, 0.15) is 25.7 Å². The smallest absolute Gasteiger partial charge is 0.269 e. The summed E-state index contributed by atoms with van der Waals surface area (Å²) in [5.74, 6) is 0.709. The number of rotatable bonds is 10. The normalized spacial score (nSPS) is 9.52. The lowest BCUT2D eigenvalue weighted by Gasteiger charge is -2.04. The molecular formula is C20H25Br3N2O6. The maximum absolute atomic E-state index is 10.4. The second-order valence-electron chi connectivity index (χ2n) is 5.85. The monoisotopic (exact) mass is 626 g/mol. The zero-order chi connectivity index (χ0) is 23.5. The van der Waals surface area contributed by atoms with Crippen LogP contribution in [0, 0.1) is 20.2 Å². The second-order valence-corrected chi connectivity index (χ2v) is 8.23. The number of hydrogen-bond acceptors (Lipinski definition) is 6. The summed E-state index contributed by atoms with van der Waals surface area (Å²) in [6, 6.07) is 11.2. The third-order valence-corrected chi connectivity index (χ3v) is 5.10. The molecule has 0 amide bonds. The van der Waals surface area contributed by atoms with Gasteiger partial charge in [0.15, 0.2) is 0 Å². The molecule has 0 saturated carbocycles. The minimum absolute atomic E-state index is 0.0159. The summed E-state index contributed by atoms with van der Waals surface area (Å²) in [5.41, 5.74) is 0.0700. The Morgan fingerprint density at radius 2 is 1.10 bits per heavy atom. The predicted octanol–water partition coefficient (Wildman–Crippen LogP) is 7.01. The number of nitro groups is 2. The first-order chi connectivity index (χ1) is 14.8. The number of hydrogen-bond donors (Lipinski definition) is 1. The molecule has 11 heteroatoms. The Kier molecular flexibility index (Phi) is 17.9. The van der Waals surface area contributed by atoms with Gasteiger partial charge in [-0.2, -0.15) is 0 Å². The Morgan fingerprint density at radius 1 is 0.710 bits per heavy atom. The quantitative estimate of drug-likeness (QED) is 0.131. The van der Waals surface area contributed by atoms with E-state index in [0.717, 1.165) is 28.8 Å². The van der Waals surface area contributed by atoms with E-state index in [1.807, 2.05) is 0 Å². The van der Waals surface area contributed by atoms with Crippen molar-refractivity contribution in [3.63, 3.8) is 0 Å². The van der Waals surface area contributed by atoms with Crippen molar-refractivity contribution >= 4 is 59.2 Å². The van der Waals surface area contributed by atoms with Crippen molar-refractivity contribution in [3.8, 4) is 11.5 Å². The Morgan fingerprint density at radius 3 is 1.48 bits per heavy atom. The molecule has 2 rings (SSSR count). The molecule has 0 heterocycles. The van der Waals surface area contributed by atoms with Gasteiger partial charge >= 0.3 is 0 Å². The van der Waals surface area contributed by atoms with Gasteiger partial charge in [0.2, 0.25) is 0 Å². The molecule has 172 valence electrons. The minimum atomic E-state index is -0.514. The fourth-order valence-corrected chi connectivity index (χ4v) is 3.00. The molecule has 31 heavy (non-hydrogen) atoms. The summed E-state index contributed by atoms with van der Waals surface area (Å²) in [6.45, 7) is 0.642. The van der Waals surface area contributed by atoms with Crippen molar-refractivity contribution < 1.29 is 19.7 Å². The number of ether oxygens (including phenoxy) is 1. The Bertz CT molecular complexity index is 742. The highest BCUT2D eigenvalue weighted by Crippen LogP contribution is 2.17. The highest BCUT2D eigenvalue weighted by molar-refractivity contribution is 9.09. The van der Waals surface area contributed by atoms with E-state index in [4.69, 9.17) is 9.84 Å².